The smallest absolute Gasteiger partial charge is 0.275 e. The number of pyridine rings is 1. The van der Waals surface area contributed by atoms with Crippen LogP contribution in [0.5, 0.6) is 0 Å². The largest absolute Gasteiger partial charge is 0.378 e. The molecule has 0 bridgehead atoms. The lowest BCUT2D eigenvalue weighted by atomic mass is 10.0. The highest BCUT2D eigenvalue weighted by atomic mass is 79.9. The van der Waals surface area contributed by atoms with Gasteiger partial charge in [-0.3, -0.25) is 9.59 Å². The van der Waals surface area contributed by atoms with E-state index >= 15 is 0 Å². The fourth-order valence-electron chi connectivity index (χ4n) is 4.11. The molecular weight excluding hydrogens is 524 g/mol. The molecule has 1 aromatic carbocycles. The highest BCUT2D eigenvalue weighted by Gasteiger charge is 2.30. The van der Waals surface area contributed by atoms with E-state index in [1.807, 2.05) is 0 Å². The van der Waals surface area contributed by atoms with Crippen LogP contribution in [-0.4, -0.2) is 33.7 Å². The van der Waals surface area contributed by atoms with E-state index in [2.05, 4.69) is 26.3 Å². The molecule has 1 aliphatic rings. The average molecular weight is 545 g/mol. The van der Waals surface area contributed by atoms with Crippen molar-refractivity contribution in [1.29, 1.82) is 0 Å². The Balaban J connectivity index is 1.86. The molecule has 3 aromatic rings. The van der Waals surface area contributed by atoms with Gasteiger partial charge in [0.1, 0.15) is 12.0 Å². The third-order valence-corrected chi connectivity index (χ3v) is 6.65. The first kappa shape index (κ1) is 24.4. The Labute approximate surface area is 199 Å². The van der Waals surface area contributed by atoms with Crippen LogP contribution in [0, 0.1) is 5.82 Å². The van der Waals surface area contributed by atoms with E-state index in [0.29, 0.717) is 0 Å². The molecule has 2 aromatic heterocycles. The topological polar surface area (TPSA) is 78.2 Å². The van der Waals surface area contributed by atoms with Crippen LogP contribution in [0.1, 0.15) is 43.0 Å². The van der Waals surface area contributed by atoms with Crippen molar-refractivity contribution in [2.75, 3.05) is 18.5 Å². The van der Waals surface area contributed by atoms with Crippen molar-refractivity contribution in [3.05, 3.63) is 66.5 Å². The third kappa shape index (κ3) is 4.24. The van der Waals surface area contributed by atoms with Gasteiger partial charge < -0.3 is 14.6 Å². The number of rotatable bonds is 5. The molecule has 3 heterocycles. The molecule has 3 atom stereocenters. The highest BCUT2D eigenvalue weighted by molar-refractivity contribution is 9.10. The van der Waals surface area contributed by atoms with Gasteiger partial charge in [0.15, 0.2) is 5.82 Å². The number of hydrogen-bond donors (Lipinski definition) is 1. The predicted molar refractivity (Wildman–Crippen MR) is 122 cm³/mol. The summed E-state index contributed by atoms with van der Waals surface area (Å²) in [5, 5.41) is 7.36. The maximum absolute atomic E-state index is 14.7. The molecule has 1 unspecified atom stereocenters. The predicted octanol–water partition coefficient (Wildman–Crippen LogP) is 4.41. The second-order valence-electron chi connectivity index (χ2n) is 8.09. The van der Waals surface area contributed by atoms with E-state index in [0.717, 1.165) is 10.7 Å². The third-order valence-electron chi connectivity index (χ3n) is 5.92. The Bertz CT molecular complexity index is 1360. The van der Waals surface area contributed by atoms with E-state index in [1.165, 1.54) is 29.9 Å². The number of aryl methyl sites for hydroxylation is 1. The SMILES string of the molecule is CC(Nc1nn(C)c(=O)c2c(Br)c(=O)n([C@@H]3CCOC[C@@H]3F)cc12)c1cccc(C(F)F)c1F. The minimum Gasteiger partial charge on any atom is -0.378 e. The summed E-state index contributed by atoms with van der Waals surface area (Å²) in [7, 11) is 1.38. The summed E-state index contributed by atoms with van der Waals surface area (Å²) < 4.78 is 62.8. The van der Waals surface area contributed by atoms with Gasteiger partial charge in [-0.2, -0.15) is 5.10 Å². The molecule has 0 saturated carbocycles. The van der Waals surface area contributed by atoms with Crippen molar-refractivity contribution in [1.82, 2.24) is 14.3 Å². The summed E-state index contributed by atoms with van der Waals surface area (Å²) in [5.41, 5.74) is -1.91. The molecule has 1 saturated heterocycles. The molecule has 0 amide bonds. The maximum Gasteiger partial charge on any atom is 0.275 e. The van der Waals surface area contributed by atoms with Gasteiger partial charge in [0.05, 0.1) is 34.1 Å². The number of anilines is 1. The van der Waals surface area contributed by atoms with Gasteiger partial charge in [-0.15, -0.1) is 0 Å². The van der Waals surface area contributed by atoms with Gasteiger partial charge in [-0.25, -0.2) is 22.2 Å². The molecule has 34 heavy (non-hydrogen) atoms. The standard InChI is InChI=1S/C22H21BrF4N4O3/c1-10(11-4-3-5-12(18(11)25)19(26)27)28-20-13-8-31(15-6-7-34-9-14(15)24)22(33)17(23)16(13)21(32)30(2)29-20/h3-5,8,10,14-15,19H,6-7,9H2,1-2H3,(H,28,29)/t10?,14-,15+/m0/s1. The van der Waals surface area contributed by atoms with Crippen LogP contribution in [0.3, 0.4) is 0 Å². The van der Waals surface area contributed by atoms with Gasteiger partial charge >= 0.3 is 0 Å². The number of halogens is 5. The lowest BCUT2D eigenvalue weighted by Gasteiger charge is -2.28. The van der Waals surface area contributed by atoms with E-state index in [9.17, 15) is 27.2 Å². The summed E-state index contributed by atoms with van der Waals surface area (Å²) in [6, 6.07) is 2.06. The molecule has 1 aliphatic heterocycles. The Hall–Kier alpha value is -2.73. The van der Waals surface area contributed by atoms with Crippen molar-refractivity contribution < 1.29 is 22.3 Å². The van der Waals surface area contributed by atoms with Crippen molar-refractivity contribution in [2.24, 2.45) is 7.05 Å². The lowest BCUT2D eigenvalue weighted by Crippen LogP contribution is -2.37. The summed E-state index contributed by atoms with van der Waals surface area (Å²) in [6.07, 6.45) is -2.82. The van der Waals surface area contributed by atoms with Crippen molar-refractivity contribution >= 4 is 32.5 Å². The van der Waals surface area contributed by atoms with Gasteiger partial charge in [0.25, 0.3) is 17.5 Å². The fourth-order valence-corrected chi connectivity index (χ4v) is 4.70. The van der Waals surface area contributed by atoms with Crippen LogP contribution < -0.4 is 16.4 Å². The summed E-state index contributed by atoms with van der Waals surface area (Å²) in [5.74, 6) is -0.949. The maximum atomic E-state index is 14.7. The summed E-state index contributed by atoms with van der Waals surface area (Å²) in [6.45, 7) is 1.65. The molecule has 0 spiro atoms. The number of hydrogen-bond acceptors (Lipinski definition) is 5. The monoisotopic (exact) mass is 544 g/mol. The van der Waals surface area contributed by atoms with Crippen LogP contribution in [0.25, 0.3) is 10.8 Å². The molecule has 182 valence electrons. The van der Waals surface area contributed by atoms with Crippen LogP contribution in [0.15, 0.2) is 38.5 Å². The van der Waals surface area contributed by atoms with Crippen LogP contribution in [-0.2, 0) is 11.8 Å². The minimum absolute atomic E-state index is 0.0118. The van der Waals surface area contributed by atoms with Gasteiger partial charge in [0, 0.05) is 30.8 Å². The summed E-state index contributed by atoms with van der Waals surface area (Å²) in [4.78, 5) is 25.8. The first-order chi connectivity index (χ1) is 16.1. The van der Waals surface area contributed by atoms with Gasteiger partial charge in [-0.1, -0.05) is 18.2 Å². The molecule has 0 aliphatic carbocycles. The van der Waals surface area contributed by atoms with Gasteiger partial charge in [0.2, 0.25) is 0 Å². The highest BCUT2D eigenvalue weighted by Crippen LogP contribution is 2.32. The van der Waals surface area contributed by atoms with Crippen LogP contribution >= 0.6 is 15.9 Å². The number of aromatic nitrogens is 3. The number of alkyl halides is 3. The van der Waals surface area contributed by atoms with Crippen molar-refractivity contribution in [2.45, 2.75) is 38.0 Å². The number of nitrogens with zero attached hydrogens (tertiary/aromatic N) is 3. The molecular formula is C22H21BrF4N4O3. The lowest BCUT2D eigenvalue weighted by molar-refractivity contribution is 0.00241. The number of benzene rings is 1. The van der Waals surface area contributed by atoms with E-state index in [1.54, 1.807) is 6.92 Å². The molecule has 1 fully saturated rings. The Morgan fingerprint density at radius 3 is 2.62 bits per heavy atom. The van der Waals surface area contributed by atoms with Gasteiger partial charge in [-0.05, 0) is 29.3 Å². The van der Waals surface area contributed by atoms with Crippen molar-refractivity contribution in [3.8, 4) is 0 Å². The molecule has 1 N–H and O–H groups in total. The average Bonchev–Trinajstić information content (AvgIpc) is 2.79. The Kier molecular flexibility index (Phi) is 6.81. The molecule has 12 heteroatoms. The molecule has 4 rings (SSSR count). The zero-order chi connectivity index (χ0) is 24.7. The van der Waals surface area contributed by atoms with Crippen LogP contribution in [0.2, 0.25) is 0 Å². The zero-order valence-electron chi connectivity index (χ0n) is 18.2. The molecule has 7 nitrogen and oxygen atoms in total. The Morgan fingerprint density at radius 1 is 1.24 bits per heavy atom. The first-order valence-corrected chi connectivity index (χ1v) is 11.3. The van der Waals surface area contributed by atoms with E-state index in [-0.39, 0.29) is 46.3 Å². The normalized spacial score (nSPS) is 19.5. The zero-order valence-corrected chi connectivity index (χ0v) is 19.8. The second-order valence-corrected chi connectivity index (χ2v) is 8.88. The van der Waals surface area contributed by atoms with Crippen molar-refractivity contribution in [3.63, 3.8) is 0 Å². The fraction of sp³-hybridized carbons (Fsp3) is 0.409. The summed E-state index contributed by atoms with van der Waals surface area (Å²) >= 11 is 3.19. The second kappa shape index (κ2) is 9.49. The number of nitrogens with one attached hydrogen (secondary N) is 1. The number of fused-ring (bicyclic) bond motifs is 1. The number of ether oxygens (including phenoxy) is 1. The minimum atomic E-state index is -2.98. The Morgan fingerprint density at radius 2 is 1.94 bits per heavy atom. The first-order valence-electron chi connectivity index (χ1n) is 10.5. The van der Waals surface area contributed by atoms with Crippen LogP contribution in [0.4, 0.5) is 23.4 Å². The molecule has 0 radical (unpaired) electrons. The van der Waals surface area contributed by atoms with E-state index < -0.39 is 47.2 Å². The van der Waals surface area contributed by atoms with E-state index in [4.69, 9.17) is 4.74 Å². The quantitative estimate of drug-likeness (QED) is 0.481.